The summed E-state index contributed by atoms with van der Waals surface area (Å²) >= 11 is 0. The number of fused-ring (bicyclic) bond motifs is 1. The number of nitrogens with one attached hydrogen (secondary N) is 2. The predicted molar refractivity (Wildman–Crippen MR) is 82.8 cm³/mol. The number of aromatic nitrogens is 2. The SMILES string of the molecule is CC(NC(=O)Cc1c[nH]c2ccccc12)c1ccncc1. The monoisotopic (exact) mass is 279 g/mol. The average Bonchev–Trinajstić information content (AvgIpc) is 2.91. The third kappa shape index (κ3) is 2.94. The van der Waals surface area contributed by atoms with Gasteiger partial charge in [0.05, 0.1) is 12.5 Å². The summed E-state index contributed by atoms with van der Waals surface area (Å²) in [6.45, 7) is 1.97. The molecule has 0 aliphatic rings. The molecule has 1 aromatic carbocycles. The molecule has 0 saturated heterocycles. The molecule has 1 atom stereocenters. The van der Waals surface area contributed by atoms with E-state index >= 15 is 0 Å². The van der Waals surface area contributed by atoms with Gasteiger partial charge in [-0.1, -0.05) is 18.2 Å². The van der Waals surface area contributed by atoms with Crippen LogP contribution in [0.2, 0.25) is 0 Å². The minimum absolute atomic E-state index is 0.0177. The summed E-state index contributed by atoms with van der Waals surface area (Å²) in [6.07, 6.45) is 5.75. The Morgan fingerprint density at radius 3 is 2.81 bits per heavy atom. The first-order valence-electron chi connectivity index (χ1n) is 6.98. The van der Waals surface area contributed by atoms with E-state index in [1.54, 1.807) is 12.4 Å². The molecule has 1 unspecified atom stereocenters. The number of hydrogen-bond acceptors (Lipinski definition) is 2. The van der Waals surface area contributed by atoms with Crippen molar-refractivity contribution in [2.45, 2.75) is 19.4 Å². The second kappa shape index (κ2) is 5.79. The van der Waals surface area contributed by atoms with Crippen LogP contribution in [0.5, 0.6) is 0 Å². The first kappa shape index (κ1) is 13.4. The zero-order chi connectivity index (χ0) is 14.7. The zero-order valence-corrected chi connectivity index (χ0v) is 11.8. The van der Waals surface area contributed by atoms with Gasteiger partial charge in [-0.15, -0.1) is 0 Å². The van der Waals surface area contributed by atoms with Crippen LogP contribution >= 0.6 is 0 Å². The van der Waals surface area contributed by atoms with Crippen molar-refractivity contribution >= 4 is 16.8 Å². The number of nitrogens with zero attached hydrogens (tertiary/aromatic N) is 1. The number of hydrogen-bond donors (Lipinski definition) is 2. The number of benzene rings is 1. The molecule has 21 heavy (non-hydrogen) atoms. The molecule has 1 amide bonds. The van der Waals surface area contributed by atoms with Crippen LogP contribution in [0.4, 0.5) is 0 Å². The van der Waals surface area contributed by atoms with E-state index < -0.39 is 0 Å². The van der Waals surface area contributed by atoms with Crippen molar-refractivity contribution < 1.29 is 4.79 Å². The van der Waals surface area contributed by atoms with E-state index in [0.717, 1.165) is 22.0 Å². The Balaban J connectivity index is 1.69. The molecule has 2 N–H and O–H groups in total. The lowest BCUT2D eigenvalue weighted by molar-refractivity contribution is -0.121. The fraction of sp³-hybridized carbons (Fsp3) is 0.176. The number of carbonyl (C=O) groups excluding carboxylic acids is 1. The zero-order valence-electron chi connectivity index (χ0n) is 11.8. The van der Waals surface area contributed by atoms with Crippen LogP contribution in [0.1, 0.15) is 24.1 Å². The van der Waals surface area contributed by atoms with Crippen molar-refractivity contribution in [2.24, 2.45) is 0 Å². The number of pyridine rings is 1. The van der Waals surface area contributed by atoms with E-state index in [-0.39, 0.29) is 11.9 Å². The Bertz CT molecular complexity index is 749. The molecule has 3 rings (SSSR count). The number of aromatic amines is 1. The second-order valence-electron chi connectivity index (χ2n) is 5.11. The molecule has 0 aliphatic carbocycles. The highest BCUT2D eigenvalue weighted by Gasteiger charge is 2.12. The smallest absolute Gasteiger partial charge is 0.224 e. The standard InChI is InChI=1S/C17H17N3O/c1-12(13-6-8-18-9-7-13)20-17(21)10-14-11-19-16-5-3-2-4-15(14)16/h2-9,11-12,19H,10H2,1H3,(H,20,21). The first-order valence-corrected chi connectivity index (χ1v) is 6.98. The molecule has 0 bridgehead atoms. The van der Waals surface area contributed by atoms with Gasteiger partial charge in [-0.2, -0.15) is 0 Å². The van der Waals surface area contributed by atoms with Gasteiger partial charge in [-0.25, -0.2) is 0 Å². The average molecular weight is 279 g/mol. The van der Waals surface area contributed by atoms with Crippen LogP contribution in [0.25, 0.3) is 10.9 Å². The van der Waals surface area contributed by atoms with Crippen molar-refractivity contribution in [1.29, 1.82) is 0 Å². The van der Waals surface area contributed by atoms with E-state index in [9.17, 15) is 4.79 Å². The lowest BCUT2D eigenvalue weighted by atomic mass is 10.1. The van der Waals surface area contributed by atoms with Crippen molar-refractivity contribution in [3.8, 4) is 0 Å². The molecular formula is C17H17N3O. The van der Waals surface area contributed by atoms with Gasteiger partial charge in [-0.05, 0) is 36.2 Å². The van der Waals surface area contributed by atoms with E-state index in [4.69, 9.17) is 0 Å². The van der Waals surface area contributed by atoms with Crippen molar-refractivity contribution in [3.63, 3.8) is 0 Å². The number of amides is 1. The fourth-order valence-corrected chi connectivity index (χ4v) is 2.48. The van der Waals surface area contributed by atoms with Crippen LogP contribution in [-0.2, 0) is 11.2 Å². The maximum atomic E-state index is 12.2. The summed E-state index contributed by atoms with van der Waals surface area (Å²) < 4.78 is 0. The van der Waals surface area contributed by atoms with E-state index in [1.807, 2.05) is 49.5 Å². The number of rotatable bonds is 4. The molecular weight excluding hydrogens is 262 g/mol. The minimum atomic E-state index is -0.0225. The van der Waals surface area contributed by atoms with E-state index in [0.29, 0.717) is 6.42 Å². The van der Waals surface area contributed by atoms with Crippen LogP contribution in [0, 0.1) is 0 Å². The Morgan fingerprint density at radius 2 is 2.00 bits per heavy atom. The normalized spacial score (nSPS) is 12.2. The lowest BCUT2D eigenvalue weighted by Crippen LogP contribution is -2.28. The predicted octanol–water partition coefficient (Wildman–Crippen LogP) is 2.98. The van der Waals surface area contributed by atoms with E-state index in [1.165, 1.54) is 0 Å². The highest BCUT2D eigenvalue weighted by Crippen LogP contribution is 2.18. The van der Waals surface area contributed by atoms with Gasteiger partial charge in [0.1, 0.15) is 0 Å². The van der Waals surface area contributed by atoms with Crippen molar-refractivity contribution in [1.82, 2.24) is 15.3 Å². The van der Waals surface area contributed by atoms with E-state index in [2.05, 4.69) is 15.3 Å². The second-order valence-corrected chi connectivity index (χ2v) is 5.11. The molecule has 2 aromatic heterocycles. The summed E-state index contributed by atoms with van der Waals surface area (Å²) in [6, 6.07) is 11.8. The summed E-state index contributed by atoms with van der Waals surface area (Å²) in [5.41, 5.74) is 3.13. The summed E-state index contributed by atoms with van der Waals surface area (Å²) in [5.74, 6) is 0.0177. The number of para-hydroxylation sites is 1. The summed E-state index contributed by atoms with van der Waals surface area (Å²) in [5, 5.41) is 4.12. The first-order chi connectivity index (χ1) is 10.2. The van der Waals surface area contributed by atoms with Crippen LogP contribution < -0.4 is 5.32 Å². The van der Waals surface area contributed by atoms with Gasteiger partial charge >= 0.3 is 0 Å². The largest absolute Gasteiger partial charge is 0.361 e. The minimum Gasteiger partial charge on any atom is -0.361 e. The molecule has 4 nitrogen and oxygen atoms in total. The van der Waals surface area contributed by atoms with Crippen molar-refractivity contribution in [2.75, 3.05) is 0 Å². The molecule has 0 saturated carbocycles. The lowest BCUT2D eigenvalue weighted by Gasteiger charge is -2.13. The third-order valence-electron chi connectivity index (χ3n) is 3.61. The van der Waals surface area contributed by atoms with Gasteiger partial charge in [0.15, 0.2) is 0 Å². The van der Waals surface area contributed by atoms with Gasteiger partial charge < -0.3 is 10.3 Å². The maximum Gasteiger partial charge on any atom is 0.224 e. The molecule has 2 heterocycles. The molecule has 0 radical (unpaired) electrons. The molecule has 0 spiro atoms. The Kier molecular flexibility index (Phi) is 3.69. The Labute approximate surface area is 123 Å². The Morgan fingerprint density at radius 1 is 1.24 bits per heavy atom. The molecule has 106 valence electrons. The van der Waals surface area contributed by atoms with Crippen LogP contribution in [-0.4, -0.2) is 15.9 Å². The van der Waals surface area contributed by atoms with Gasteiger partial charge in [0.2, 0.25) is 5.91 Å². The van der Waals surface area contributed by atoms with Gasteiger partial charge in [0.25, 0.3) is 0 Å². The maximum absolute atomic E-state index is 12.2. The summed E-state index contributed by atoms with van der Waals surface area (Å²) in [4.78, 5) is 19.4. The van der Waals surface area contributed by atoms with Gasteiger partial charge in [-0.3, -0.25) is 9.78 Å². The Hall–Kier alpha value is -2.62. The number of carbonyl (C=O) groups is 1. The van der Waals surface area contributed by atoms with Crippen LogP contribution in [0.15, 0.2) is 55.0 Å². The molecule has 4 heteroatoms. The third-order valence-corrected chi connectivity index (χ3v) is 3.61. The molecule has 0 aliphatic heterocycles. The highest BCUT2D eigenvalue weighted by molar-refractivity contribution is 5.88. The fourth-order valence-electron chi connectivity index (χ4n) is 2.48. The van der Waals surface area contributed by atoms with Crippen LogP contribution in [0.3, 0.4) is 0 Å². The van der Waals surface area contributed by atoms with Gasteiger partial charge in [0, 0.05) is 29.5 Å². The number of H-pyrrole nitrogens is 1. The quantitative estimate of drug-likeness (QED) is 0.771. The molecule has 0 fully saturated rings. The summed E-state index contributed by atoms with van der Waals surface area (Å²) in [7, 11) is 0. The highest BCUT2D eigenvalue weighted by atomic mass is 16.1. The van der Waals surface area contributed by atoms with Crippen molar-refractivity contribution in [3.05, 3.63) is 66.1 Å². The topological polar surface area (TPSA) is 57.8 Å². The molecule has 3 aromatic rings.